The van der Waals surface area contributed by atoms with Crippen molar-refractivity contribution in [3.8, 4) is 0 Å². The Labute approximate surface area is 221 Å². The number of carbonyl (C=O) groups is 1. The van der Waals surface area contributed by atoms with Crippen molar-refractivity contribution in [1.29, 1.82) is 0 Å². The van der Waals surface area contributed by atoms with Crippen LogP contribution in [0, 0.1) is 35.5 Å². The molecular weight excluding hydrogens is 486 g/mol. The largest absolute Gasteiger partial charge is 0.480 e. The van der Waals surface area contributed by atoms with Gasteiger partial charge in [0.1, 0.15) is 0 Å². The van der Waals surface area contributed by atoms with Crippen LogP contribution in [0.3, 0.4) is 0 Å². The van der Waals surface area contributed by atoms with E-state index in [1.54, 1.807) is 24.3 Å². The van der Waals surface area contributed by atoms with Gasteiger partial charge in [0.05, 0.1) is 23.5 Å². The number of allylic oxidation sites excluding steroid dienone is 1. The Morgan fingerprint density at radius 3 is 2.46 bits per heavy atom. The molecule has 6 atom stereocenters. The number of nitrogens with zero attached hydrogens (tertiary/aromatic N) is 1. The molecule has 0 radical (unpaired) electrons. The predicted molar refractivity (Wildman–Crippen MR) is 144 cm³/mol. The number of aryl methyl sites for hydroxylation is 1. The molecule has 0 spiro atoms. The number of hydrogen-bond acceptors (Lipinski definition) is 5. The Morgan fingerprint density at radius 2 is 1.76 bits per heavy atom. The highest BCUT2D eigenvalue weighted by Gasteiger charge is 2.64. The first-order valence-electron chi connectivity index (χ1n) is 13.9. The molecule has 0 unspecified atom stereocenters. The van der Waals surface area contributed by atoms with Crippen LogP contribution in [-0.4, -0.2) is 37.4 Å². The van der Waals surface area contributed by atoms with Gasteiger partial charge in [0.25, 0.3) is 10.0 Å². The van der Waals surface area contributed by atoms with Gasteiger partial charge >= 0.3 is 0 Å². The predicted octanol–water partition coefficient (Wildman–Crippen LogP) is 5.77. The lowest BCUT2D eigenvalue weighted by Gasteiger charge is -2.59. The van der Waals surface area contributed by atoms with Crippen molar-refractivity contribution in [3.63, 3.8) is 0 Å². The molecule has 0 saturated heterocycles. The molecule has 1 aromatic carbocycles. The Morgan fingerprint density at radius 1 is 1.05 bits per heavy atom. The quantitative estimate of drug-likeness (QED) is 0.387. The van der Waals surface area contributed by atoms with E-state index >= 15 is 0 Å². The summed E-state index contributed by atoms with van der Waals surface area (Å²) in [6, 6.07) is 6.63. The fourth-order valence-corrected chi connectivity index (χ4v) is 9.35. The van der Waals surface area contributed by atoms with Crippen molar-refractivity contribution in [2.45, 2.75) is 96.0 Å². The second-order valence-corrected chi connectivity index (χ2v) is 14.0. The van der Waals surface area contributed by atoms with E-state index in [0.717, 1.165) is 44.1 Å². The van der Waals surface area contributed by atoms with Gasteiger partial charge in [0.2, 0.25) is 5.90 Å². The van der Waals surface area contributed by atoms with Crippen LogP contribution in [0.5, 0.6) is 0 Å². The SMILES string of the molecule is CCO/C(C[C@]1(O)CC[C@H]2[C@@H]3CCC4=CC(=O)CC[C@]4(C)[C@H]3CC[C@@]21C)=N/S(=O)(=O)c1ccc(C)cc1. The highest BCUT2D eigenvalue weighted by molar-refractivity contribution is 7.90. The van der Waals surface area contributed by atoms with Crippen LogP contribution >= 0.6 is 0 Å². The van der Waals surface area contributed by atoms with Gasteiger partial charge < -0.3 is 9.84 Å². The van der Waals surface area contributed by atoms with Gasteiger partial charge in [-0.15, -0.1) is 4.40 Å². The second kappa shape index (κ2) is 9.33. The van der Waals surface area contributed by atoms with Crippen LogP contribution in [-0.2, 0) is 19.6 Å². The Balaban J connectivity index is 1.41. The highest BCUT2D eigenvalue weighted by Crippen LogP contribution is 2.68. The topological polar surface area (TPSA) is 93.0 Å². The Bertz CT molecular complexity index is 1230. The molecule has 0 heterocycles. The van der Waals surface area contributed by atoms with Gasteiger partial charge in [-0.3, -0.25) is 4.79 Å². The van der Waals surface area contributed by atoms with Gasteiger partial charge in [0.15, 0.2) is 5.78 Å². The normalized spacial score (nSPS) is 37.9. The number of ketones is 1. The monoisotopic (exact) mass is 527 g/mol. The van der Waals surface area contributed by atoms with Crippen LogP contribution in [0.25, 0.3) is 0 Å². The Hall–Kier alpha value is -1.99. The first kappa shape index (κ1) is 26.6. The summed E-state index contributed by atoms with van der Waals surface area (Å²) < 4.78 is 36.0. The number of benzene rings is 1. The Kier molecular flexibility index (Phi) is 6.71. The molecule has 4 aliphatic carbocycles. The van der Waals surface area contributed by atoms with Crippen molar-refractivity contribution in [2.75, 3.05) is 6.61 Å². The fourth-order valence-electron chi connectivity index (χ4n) is 8.38. The molecular formula is C30H41NO5S. The molecule has 37 heavy (non-hydrogen) atoms. The fraction of sp³-hybridized carbons (Fsp3) is 0.667. The van der Waals surface area contributed by atoms with E-state index in [9.17, 15) is 18.3 Å². The molecule has 3 saturated carbocycles. The summed E-state index contributed by atoms with van der Waals surface area (Å²) in [6.07, 6.45) is 9.08. The maximum Gasteiger partial charge on any atom is 0.285 e. The lowest BCUT2D eigenvalue weighted by Crippen LogP contribution is -2.55. The van der Waals surface area contributed by atoms with Crippen LogP contribution in [0.1, 0.15) is 84.1 Å². The van der Waals surface area contributed by atoms with E-state index in [0.29, 0.717) is 30.6 Å². The first-order valence-corrected chi connectivity index (χ1v) is 15.4. The van der Waals surface area contributed by atoms with Crippen molar-refractivity contribution in [3.05, 3.63) is 41.5 Å². The van der Waals surface area contributed by atoms with Crippen molar-refractivity contribution in [1.82, 2.24) is 0 Å². The minimum Gasteiger partial charge on any atom is -0.480 e. The van der Waals surface area contributed by atoms with E-state index < -0.39 is 15.6 Å². The molecule has 6 nitrogen and oxygen atoms in total. The minimum atomic E-state index is -3.94. The molecule has 0 amide bonds. The molecule has 1 N–H and O–H groups in total. The van der Waals surface area contributed by atoms with Gasteiger partial charge in [-0.25, -0.2) is 0 Å². The average molecular weight is 528 g/mol. The van der Waals surface area contributed by atoms with Crippen LogP contribution < -0.4 is 0 Å². The van der Waals surface area contributed by atoms with Gasteiger partial charge in [0, 0.05) is 6.42 Å². The lowest BCUT2D eigenvalue weighted by molar-refractivity contribution is -0.128. The summed E-state index contributed by atoms with van der Waals surface area (Å²) in [4.78, 5) is 12.3. The number of fused-ring (bicyclic) bond motifs is 5. The van der Waals surface area contributed by atoms with Crippen molar-refractivity contribution < 1.29 is 23.1 Å². The molecule has 0 aliphatic heterocycles. The smallest absolute Gasteiger partial charge is 0.285 e. The third-order valence-electron chi connectivity index (χ3n) is 10.6. The summed E-state index contributed by atoms with van der Waals surface area (Å²) in [6.45, 7) is 8.57. The first-order chi connectivity index (χ1) is 17.4. The van der Waals surface area contributed by atoms with E-state index in [4.69, 9.17) is 4.74 Å². The van der Waals surface area contributed by atoms with E-state index in [2.05, 4.69) is 18.2 Å². The molecule has 1 aromatic rings. The lowest BCUT2D eigenvalue weighted by atomic mass is 9.46. The summed E-state index contributed by atoms with van der Waals surface area (Å²) in [5.74, 6) is 1.77. The molecule has 202 valence electrons. The summed E-state index contributed by atoms with van der Waals surface area (Å²) in [5, 5.41) is 12.2. The molecule has 7 heteroatoms. The van der Waals surface area contributed by atoms with E-state index in [1.807, 2.05) is 19.9 Å². The van der Waals surface area contributed by atoms with Crippen molar-refractivity contribution >= 4 is 21.7 Å². The summed E-state index contributed by atoms with van der Waals surface area (Å²) in [7, 11) is -3.94. The zero-order valence-corrected chi connectivity index (χ0v) is 23.4. The number of sulfonamides is 1. The summed E-state index contributed by atoms with van der Waals surface area (Å²) >= 11 is 0. The standard InChI is InChI=1S/C30H41NO5S/c1-5-36-27(31-37(34,35)23-9-6-20(2)7-10-23)19-30(33)17-14-26-24-11-8-21-18-22(32)12-15-28(21,3)25(24)13-16-29(26,30)4/h6-7,9-10,18,24-26,33H,5,8,11-17,19H2,1-4H3/b31-27+/t24-,25+,26+,28+,29+,30-/m1/s1. The van der Waals surface area contributed by atoms with Crippen LogP contribution in [0.4, 0.5) is 0 Å². The third kappa shape index (κ3) is 4.40. The number of hydrogen-bond donors (Lipinski definition) is 1. The zero-order valence-electron chi connectivity index (χ0n) is 22.6. The summed E-state index contributed by atoms with van der Waals surface area (Å²) in [5.41, 5.74) is 0.996. The minimum absolute atomic E-state index is 0.0823. The van der Waals surface area contributed by atoms with Gasteiger partial charge in [-0.05, 0) is 106 Å². The maximum absolute atomic E-state index is 13.1. The molecule has 5 rings (SSSR count). The molecule has 0 aromatic heterocycles. The third-order valence-corrected chi connectivity index (χ3v) is 11.9. The second-order valence-electron chi connectivity index (χ2n) is 12.4. The van der Waals surface area contributed by atoms with E-state index in [1.165, 1.54) is 5.57 Å². The zero-order chi connectivity index (χ0) is 26.6. The van der Waals surface area contributed by atoms with Crippen molar-refractivity contribution in [2.24, 2.45) is 33.0 Å². The van der Waals surface area contributed by atoms with Crippen LogP contribution in [0.2, 0.25) is 0 Å². The molecule has 3 fully saturated rings. The number of rotatable bonds is 5. The maximum atomic E-state index is 13.1. The number of ether oxygens (including phenoxy) is 1. The van der Waals surface area contributed by atoms with Gasteiger partial charge in [-0.1, -0.05) is 37.1 Å². The van der Waals surface area contributed by atoms with E-state index in [-0.39, 0.29) is 40.4 Å². The number of aliphatic hydroxyl groups is 1. The van der Waals surface area contributed by atoms with Crippen LogP contribution in [0.15, 0.2) is 45.2 Å². The molecule has 4 aliphatic rings. The molecule has 0 bridgehead atoms. The van der Waals surface area contributed by atoms with Gasteiger partial charge in [-0.2, -0.15) is 8.42 Å². The number of carbonyl (C=O) groups excluding carboxylic acids is 1. The highest BCUT2D eigenvalue weighted by atomic mass is 32.2. The average Bonchev–Trinajstić information content (AvgIpc) is 3.10.